The Morgan fingerprint density at radius 3 is 2.50 bits per heavy atom. The molecule has 2 atom stereocenters. The molecule has 0 saturated carbocycles. The van der Waals surface area contributed by atoms with Crippen molar-refractivity contribution in [2.45, 2.75) is 44.7 Å². The van der Waals surface area contributed by atoms with Gasteiger partial charge in [-0.2, -0.15) is 13.2 Å². The van der Waals surface area contributed by atoms with Gasteiger partial charge in [0.25, 0.3) is 0 Å². The first-order valence-corrected chi connectivity index (χ1v) is 9.05. The highest BCUT2D eigenvalue weighted by molar-refractivity contribution is 5.84. The number of hydrogen-bond donors (Lipinski definition) is 0. The van der Waals surface area contributed by atoms with Gasteiger partial charge in [-0.1, -0.05) is 12.1 Å². The zero-order valence-electron chi connectivity index (χ0n) is 15.2. The Kier molecular flexibility index (Phi) is 4.60. The van der Waals surface area contributed by atoms with E-state index < -0.39 is 18.0 Å². The molecule has 4 rings (SSSR count). The van der Waals surface area contributed by atoms with Gasteiger partial charge in [-0.3, -0.25) is 9.69 Å². The van der Waals surface area contributed by atoms with Crippen molar-refractivity contribution < 1.29 is 22.4 Å². The molecule has 1 saturated heterocycles. The molecule has 0 spiro atoms. The van der Waals surface area contributed by atoms with Crippen LogP contribution in [0.15, 0.2) is 24.3 Å². The molecule has 150 valence electrons. The van der Waals surface area contributed by atoms with Crippen LogP contribution in [0.25, 0.3) is 0 Å². The number of benzene rings is 1. The lowest BCUT2D eigenvalue weighted by Gasteiger charge is -2.32. The molecule has 1 amide bonds. The summed E-state index contributed by atoms with van der Waals surface area (Å²) in [6, 6.07) is 5.43. The predicted octanol–water partition coefficient (Wildman–Crippen LogP) is 2.61. The van der Waals surface area contributed by atoms with Crippen LogP contribution in [0.4, 0.5) is 17.6 Å². The number of rotatable bonds is 3. The molecule has 0 aliphatic carbocycles. The van der Waals surface area contributed by atoms with Gasteiger partial charge in [0, 0.05) is 19.6 Å². The van der Waals surface area contributed by atoms with Gasteiger partial charge in [0.15, 0.2) is 0 Å². The molecule has 0 bridgehead atoms. The molecule has 1 aromatic carbocycles. The average molecular weight is 397 g/mol. The normalized spacial score (nSPS) is 21.8. The first-order chi connectivity index (χ1) is 13.3. The Labute approximate surface area is 158 Å². The second kappa shape index (κ2) is 6.84. The number of amides is 1. The van der Waals surface area contributed by atoms with Crippen LogP contribution in [-0.2, 0) is 24.1 Å². The average Bonchev–Trinajstić information content (AvgIpc) is 3.24. The second-order valence-electron chi connectivity index (χ2n) is 7.12. The van der Waals surface area contributed by atoms with Gasteiger partial charge in [0.05, 0.1) is 18.6 Å². The largest absolute Gasteiger partial charge is 0.451 e. The summed E-state index contributed by atoms with van der Waals surface area (Å²) in [5, 5.41) is 6.95. The molecule has 2 aliphatic heterocycles. The Balaban J connectivity index is 1.47. The van der Waals surface area contributed by atoms with Crippen LogP contribution in [0.1, 0.15) is 36.6 Å². The van der Waals surface area contributed by atoms with Gasteiger partial charge in [0.1, 0.15) is 11.6 Å². The van der Waals surface area contributed by atoms with Crippen LogP contribution < -0.4 is 0 Å². The topological polar surface area (TPSA) is 54.3 Å². The molecule has 2 unspecified atom stereocenters. The number of carbonyl (C=O) groups is 1. The minimum atomic E-state index is -4.54. The molecule has 0 N–H and O–H groups in total. The number of halogens is 4. The lowest BCUT2D eigenvalue weighted by Crippen LogP contribution is -2.46. The summed E-state index contributed by atoms with van der Waals surface area (Å²) < 4.78 is 53.1. The quantitative estimate of drug-likeness (QED) is 0.748. The summed E-state index contributed by atoms with van der Waals surface area (Å²) in [6.07, 6.45) is -3.96. The maximum Gasteiger partial charge on any atom is 0.451 e. The van der Waals surface area contributed by atoms with E-state index in [9.17, 15) is 22.4 Å². The first-order valence-electron chi connectivity index (χ1n) is 9.05. The van der Waals surface area contributed by atoms with Crippen LogP contribution in [-0.4, -0.2) is 49.6 Å². The van der Waals surface area contributed by atoms with Gasteiger partial charge in [0.2, 0.25) is 11.7 Å². The maximum atomic E-state index is 13.1. The van der Waals surface area contributed by atoms with Gasteiger partial charge < -0.3 is 9.47 Å². The van der Waals surface area contributed by atoms with Crippen molar-refractivity contribution >= 4 is 5.91 Å². The van der Waals surface area contributed by atoms with Crippen molar-refractivity contribution in [1.29, 1.82) is 0 Å². The summed E-state index contributed by atoms with van der Waals surface area (Å²) in [4.78, 5) is 16.5. The summed E-state index contributed by atoms with van der Waals surface area (Å²) in [7, 11) is 0. The molecule has 0 radical (unpaired) electrons. The van der Waals surface area contributed by atoms with E-state index in [4.69, 9.17) is 0 Å². The van der Waals surface area contributed by atoms with Crippen LogP contribution >= 0.6 is 0 Å². The SMILES string of the molecule is CC(c1ccc(F)cc1)N1CCC(N2CCn3c(nnc3C(F)(F)F)C2)C1=O. The number of aromatic nitrogens is 3. The lowest BCUT2D eigenvalue weighted by molar-refractivity contribution is -0.148. The fourth-order valence-corrected chi connectivity index (χ4v) is 3.98. The van der Waals surface area contributed by atoms with Gasteiger partial charge in [-0.15, -0.1) is 10.2 Å². The zero-order chi connectivity index (χ0) is 20.1. The van der Waals surface area contributed by atoms with Crippen molar-refractivity contribution in [1.82, 2.24) is 24.6 Å². The monoisotopic (exact) mass is 397 g/mol. The number of hydrogen-bond acceptors (Lipinski definition) is 4. The van der Waals surface area contributed by atoms with Crippen LogP contribution in [0.5, 0.6) is 0 Å². The zero-order valence-corrected chi connectivity index (χ0v) is 15.2. The molecule has 1 fully saturated rings. The molecule has 2 aliphatic rings. The Hall–Kier alpha value is -2.49. The van der Waals surface area contributed by atoms with E-state index in [-0.39, 0.29) is 36.7 Å². The fourth-order valence-electron chi connectivity index (χ4n) is 3.98. The highest BCUT2D eigenvalue weighted by atomic mass is 19.4. The van der Waals surface area contributed by atoms with E-state index in [0.717, 1.165) is 10.1 Å². The minimum absolute atomic E-state index is 0.0687. The number of nitrogens with zero attached hydrogens (tertiary/aromatic N) is 5. The number of carbonyl (C=O) groups excluding carboxylic acids is 1. The first kappa shape index (κ1) is 18.9. The number of likely N-dealkylation sites (tertiary alicyclic amines) is 1. The highest BCUT2D eigenvalue weighted by Gasteiger charge is 2.43. The molecule has 1 aromatic heterocycles. The summed E-state index contributed by atoms with van der Waals surface area (Å²) in [5.41, 5.74) is 0.837. The summed E-state index contributed by atoms with van der Waals surface area (Å²) in [6.45, 7) is 2.99. The molecular weight excluding hydrogens is 378 g/mol. The Bertz CT molecular complexity index is 879. The molecular formula is C18H19F4N5O. The fraction of sp³-hybridized carbons (Fsp3) is 0.500. The third-order valence-corrected chi connectivity index (χ3v) is 5.51. The predicted molar refractivity (Wildman–Crippen MR) is 90.4 cm³/mol. The van der Waals surface area contributed by atoms with Gasteiger partial charge in [-0.25, -0.2) is 4.39 Å². The van der Waals surface area contributed by atoms with E-state index in [1.165, 1.54) is 12.1 Å². The molecule has 10 heteroatoms. The third-order valence-electron chi connectivity index (χ3n) is 5.51. The van der Waals surface area contributed by atoms with Crippen molar-refractivity contribution in [3.63, 3.8) is 0 Å². The molecule has 6 nitrogen and oxygen atoms in total. The van der Waals surface area contributed by atoms with E-state index in [1.807, 2.05) is 11.8 Å². The summed E-state index contributed by atoms with van der Waals surface area (Å²) in [5.74, 6) is -1.18. The van der Waals surface area contributed by atoms with Crippen molar-refractivity contribution in [3.05, 3.63) is 47.3 Å². The Morgan fingerprint density at radius 2 is 1.82 bits per heavy atom. The van der Waals surface area contributed by atoms with Crippen molar-refractivity contribution in [2.75, 3.05) is 13.1 Å². The lowest BCUT2D eigenvalue weighted by atomic mass is 10.1. The molecule has 28 heavy (non-hydrogen) atoms. The summed E-state index contributed by atoms with van der Waals surface area (Å²) >= 11 is 0. The molecule has 3 heterocycles. The van der Waals surface area contributed by atoms with Crippen molar-refractivity contribution in [2.24, 2.45) is 0 Å². The van der Waals surface area contributed by atoms with E-state index in [1.54, 1.807) is 17.0 Å². The van der Waals surface area contributed by atoms with Gasteiger partial charge >= 0.3 is 6.18 Å². The minimum Gasteiger partial charge on any atom is -0.335 e. The van der Waals surface area contributed by atoms with E-state index in [0.29, 0.717) is 19.5 Å². The Morgan fingerprint density at radius 1 is 1.11 bits per heavy atom. The second-order valence-corrected chi connectivity index (χ2v) is 7.12. The van der Waals surface area contributed by atoms with Crippen LogP contribution in [0.3, 0.4) is 0 Å². The smallest absolute Gasteiger partial charge is 0.335 e. The third kappa shape index (κ3) is 3.25. The number of fused-ring (bicyclic) bond motifs is 1. The van der Waals surface area contributed by atoms with Crippen molar-refractivity contribution in [3.8, 4) is 0 Å². The van der Waals surface area contributed by atoms with E-state index in [2.05, 4.69) is 10.2 Å². The molecule has 2 aromatic rings. The van der Waals surface area contributed by atoms with E-state index >= 15 is 0 Å². The highest BCUT2D eigenvalue weighted by Crippen LogP contribution is 2.32. The maximum absolute atomic E-state index is 13.1. The van der Waals surface area contributed by atoms with Crippen LogP contribution in [0, 0.1) is 5.82 Å². The van der Waals surface area contributed by atoms with Crippen LogP contribution in [0.2, 0.25) is 0 Å². The standard InChI is InChI=1S/C18H19F4N5O/c1-11(12-2-4-13(19)5-3-12)26-7-6-14(16(26)28)25-8-9-27-15(10-25)23-24-17(27)18(20,21)22/h2-5,11,14H,6-10H2,1H3. The van der Waals surface area contributed by atoms with Gasteiger partial charge in [-0.05, 0) is 31.0 Å². The number of alkyl halides is 3.